The number of rotatable bonds is 3. The Bertz CT molecular complexity index is 476. The highest BCUT2D eigenvalue weighted by atomic mass is 19.1. The van der Waals surface area contributed by atoms with E-state index in [0.29, 0.717) is 6.54 Å². The van der Waals surface area contributed by atoms with E-state index < -0.39 is 0 Å². The summed E-state index contributed by atoms with van der Waals surface area (Å²) < 4.78 is 13.0. The number of carbonyl (C=O) groups excluding carboxylic acids is 1. The Balaban J connectivity index is 1.57. The third-order valence-corrected chi connectivity index (χ3v) is 4.53. The van der Waals surface area contributed by atoms with Gasteiger partial charge in [-0.3, -0.25) is 0 Å². The van der Waals surface area contributed by atoms with Crippen LogP contribution in [0.5, 0.6) is 0 Å². The number of benzene rings is 1. The molecule has 2 amide bonds. The van der Waals surface area contributed by atoms with Gasteiger partial charge in [0.05, 0.1) is 0 Å². The molecule has 1 N–H and O–H groups in total. The van der Waals surface area contributed by atoms with E-state index in [2.05, 4.69) is 5.32 Å². The first-order chi connectivity index (χ1) is 9.70. The molecule has 0 unspecified atom stereocenters. The Morgan fingerprint density at radius 3 is 2.40 bits per heavy atom. The summed E-state index contributed by atoms with van der Waals surface area (Å²) in [4.78, 5) is 14.0. The van der Waals surface area contributed by atoms with E-state index in [4.69, 9.17) is 0 Å². The van der Waals surface area contributed by atoms with Crippen LogP contribution in [0.1, 0.15) is 37.7 Å². The Kier molecular flexibility index (Phi) is 3.64. The van der Waals surface area contributed by atoms with Crippen LogP contribution in [-0.2, 0) is 5.41 Å². The fourth-order valence-electron chi connectivity index (χ4n) is 2.98. The smallest absolute Gasteiger partial charge is 0.317 e. The van der Waals surface area contributed by atoms with Crippen molar-refractivity contribution in [3.05, 3.63) is 35.6 Å². The molecule has 1 aromatic rings. The molecule has 1 aliphatic carbocycles. The van der Waals surface area contributed by atoms with E-state index in [0.717, 1.165) is 44.3 Å². The van der Waals surface area contributed by atoms with Gasteiger partial charge in [0, 0.05) is 25.0 Å². The molecular formula is C16H21FN2O. The third kappa shape index (κ3) is 2.79. The number of nitrogens with zero attached hydrogens (tertiary/aromatic N) is 1. The lowest BCUT2D eigenvalue weighted by atomic mass is 9.96. The number of carbonyl (C=O) groups is 1. The van der Waals surface area contributed by atoms with E-state index in [9.17, 15) is 9.18 Å². The van der Waals surface area contributed by atoms with Gasteiger partial charge in [0.15, 0.2) is 0 Å². The summed E-state index contributed by atoms with van der Waals surface area (Å²) in [6.07, 6.45) is 5.58. The summed E-state index contributed by atoms with van der Waals surface area (Å²) in [7, 11) is 0. The van der Waals surface area contributed by atoms with Crippen LogP contribution in [0.4, 0.5) is 9.18 Å². The highest BCUT2D eigenvalue weighted by Gasteiger charge is 2.44. The molecule has 1 aromatic carbocycles. The van der Waals surface area contributed by atoms with Crippen LogP contribution >= 0.6 is 0 Å². The second-order valence-electron chi connectivity index (χ2n) is 5.99. The molecule has 4 heteroatoms. The van der Waals surface area contributed by atoms with Gasteiger partial charge in [-0.05, 0) is 49.8 Å². The summed E-state index contributed by atoms with van der Waals surface area (Å²) in [5, 5.41) is 3.06. The number of hydrogen-bond donors (Lipinski definition) is 1. The number of hydrogen-bond acceptors (Lipinski definition) is 1. The van der Waals surface area contributed by atoms with Gasteiger partial charge in [0.25, 0.3) is 0 Å². The van der Waals surface area contributed by atoms with Gasteiger partial charge in [0.2, 0.25) is 0 Å². The molecule has 2 aliphatic rings. The second kappa shape index (κ2) is 5.43. The van der Waals surface area contributed by atoms with E-state index in [1.54, 1.807) is 0 Å². The van der Waals surface area contributed by atoms with Crippen LogP contribution in [0, 0.1) is 5.82 Å². The molecule has 0 atom stereocenters. The second-order valence-corrected chi connectivity index (χ2v) is 5.99. The van der Waals surface area contributed by atoms with Crippen LogP contribution in [0.15, 0.2) is 24.3 Å². The van der Waals surface area contributed by atoms with Gasteiger partial charge >= 0.3 is 6.03 Å². The minimum Gasteiger partial charge on any atom is -0.337 e. The lowest BCUT2D eigenvalue weighted by molar-refractivity contribution is 0.185. The number of amides is 2. The molecule has 0 bridgehead atoms. The zero-order valence-corrected chi connectivity index (χ0v) is 11.7. The van der Waals surface area contributed by atoms with Gasteiger partial charge in [-0.15, -0.1) is 0 Å². The molecule has 3 rings (SSSR count). The number of halogens is 1. The SMILES string of the molecule is O=C(NCC1(c2ccc(F)cc2)CC1)N1CCCCC1. The van der Waals surface area contributed by atoms with Gasteiger partial charge in [-0.2, -0.15) is 0 Å². The van der Waals surface area contributed by atoms with Crippen LogP contribution in [0.2, 0.25) is 0 Å². The van der Waals surface area contributed by atoms with Crippen molar-refractivity contribution in [2.75, 3.05) is 19.6 Å². The van der Waals surface area contributed by atoms with Gasteiger partial charge in [-0.1, -0.05) is 12.1 Å². The molecule has 1 heterocycles. The Morgan fingerprint density at radius 2 is 1.80 bits per heavy atom. The van der Waals surface area contributed by atoms with Crippen LogP contribution in [0.3, 0.4) is 0 Å². The predicted octanol–water partition coefficient (Wildman–Crippen LogP) is 3.05. The minimum atomic E-state index is -0.207. The molecule has 0 radical (unpaired) electrons. The van der Waals surface area contributed by atoms with Gasteiger partial charge < -0.3 is 10.2 Å². The summed E-state index contributed by atoms with van der Waals surface area (Å²) in [6.45, 7) is 2.40. The highest BCUT2D eigenvalue weighted by molar-refractivity contribution is 5.74. The average molecular weight is 276 g/mol. The van der Waals surface area contributed by atoms with Gasteiger partial charge in [-0.25, -0.2) is 9.18 Å². The van der Waals surface area contributed by atoms with Crippen molar-refractivity contribution in [1.29, 1.82) is 0 Å². The Morgan fingerprint density at radius 1 is 1.15 bits per heavy atom. The fourth-order valence-corrected chi connectivity index (χ4v) is 2.98. The fraction of sp³-hybridized carbons (Fsp3) is 0.562. The van der Waals surface area contributed by atoms with Crippen molar-refractivity contribution < 1.29 is 9.18 Å². The summed E-state index contributed by atoms with van der Waals surface area (Å²) in [5.74, 6) is -0.207. The van der Waals surface area contributed by atoms with E-state index in [-0.39, 0.29) is 17.3 Å². The molecule has 0 aromatic heterocycles. The quantitative estimate of drug-likeness (QED) is 0.904. The largest absolute Gasteiger partial charge is 0.337 e. The van der Waals surface area contributed by atoms with Crippen molar-refractivity contribution in [3.63, 3.8) is 0 Å². The molecule has 0 spiro atoms. The molecular weight excluding hydrogens is 255 g/mol. The van der Waals surface area contributed by atoms with Crippen LogP contribution in [-0.4, -0.2) is 30.6 Å². The normalized spacial score (nSPS) is 20.6. The first kappa shape index (κ1) is 13.4. The standard InChI is InChI=1S/C16H21FN2O/c17-14-6-4-13(5-7-14)16(8-9-16)12-18-15(20)19-10-2-1-3-11-19/h4-7H,1-3,8-12H2,(H,18,20). The lowest BCUT2D eigenvalue weighted by Gasteiger charge is -2.28. The highest BCUT2D eigenvalue weighted by Crippen LogP contribution is 2.47. The molecule has 2 fully saturated rings. The summed E-state index contributed by atoms with van der Waals surface area (Å²) >= 11 is 0. The first-order valence-electron chi connectivity index (χ1n) is 7.48. The number of nitrogens with one attached hydrogen (secondary N) is 1. The van der Waals surface area contributed by atoms with Crippen LogP contribution in [0.25, 0.3) is 0 Å². The molecule has 1 saturated carbocycles. The average Bonchev–Trinajstić information content (AvgIpc) is 3.27. The molecule has 3 nitrogen and oxygen atoms in total. The van der Waals surface area contributed by atoms with E-state index >= 15 is 0 Å². The van der Waals surface area contributed by atoms with Crippen LogP contribution < -0.4 is 5.32 Å². The van der Waals surface area contributed by atoms with Crippen molar-refractivity contribution in [1.82, 2.24) is 10.2 Å². The molecule has 108 valence electrons. The molecule has 1 aliphatic heterocycles. The predicted molar refractivity (Wildman–Crippen MR) is 76.1 cm³/mol. The van der Waals surface area contributed by atoms with Gasteiger partial charge in [0.1, 0.15) is 5.82 Å². The summed E-state index contributed by atoms with van der Waals surface area (Å²) in [6, 6.07) is 6.74. The third-order valence-electron chi connectivity index (χ3n) is 4.53. The topological polar surface area (TPSA) is 32.3 Å². The van der Waals surface area contributed by atoms with Crippen molar-refractivity contribution in [2.45, 2.75) is 37.5 Å². The van der Waals surface area contributed by atoms with E-state index in [1.165, 1.54) is 18.6 Å². The van der Waals surface area contributed by atoms with E-state index in [1.807, 2.05) is 17.0 Å². The number of piperidine rings is 1. The Hall–Kier alpha value is -1.58. The zero-order valence-electron chi connectivity index (χ0n) is 11.7. The first-order valence-corrected chi connectivity index (χ1v) is 7.48. The monoisotopic (exact) mass is 276 g/mol. The zero-order chi connectivity index (χ0) is 14.0. The maximum Gasteiger partial charge on any atom is 0.317 e. The lowest BCUT2D eigenvalue weighted by Crippen LogP contribution is -2.45. The van der Waals surface area contributed by atoms with Crippen molar-refractivity contribution in [3.8, 4) is 0 Å². The van der Waals surface area contributed by atoms with Crippen molar-refractivity contribution >= 4 is 6.03 Å². The number of likely N-dealkylation sites (tertiary alicyclic amines) is 1. The Labute approximate surface area is 119 Å². The summed E-state index contributed by atoms with van der Waals surface area (Å²) in [5.41, 5.74) is 1.18. The molecule has 1 saturated heterocycles. The minimum absolute atomic E-state index is 0.0408. The number of urea groups is 1. The maximum absolute atomic E-state index is 13.0. The van der Waals surface area contributed by atoms with Crippen molar-refractivity contribution in [2.24, 2.45) is 0 Å². The maximum atomic E-state index is 13.0. The molecule has 20 heavy (non-hydrogen) atoms.